The highest BCUT2D eigenvalue weighted by Gasteiger charge is 2.21. The number of nitro benzene ring substituents is 1. The molecule has 1 amide bonds. The first-order valence-corrected chi connectivity index (χ1v) is 10.7. The monoisotopic (exact) mass is 471 g/mol. The van der Waals surface area contributed by atoms with Crippen molar-refractivity contribution in [1.29, 1.82) is 0 Å². The van der Waals surface area contributed by atoms with Gasteiger partial charge in [-0.1, -0.05) is 19.1 Å². The largest absolute Gasteiger partial charge is 0.491 e. The predicted octanol–water partition coefficient (Wildman–Crippen LogP) is 3.46. The van der Waals surface area contributed by atoms with Crippen molar-refractivity contribution in [2.75, 3.05) is 18.5 Å². The molecule has 3 aromatic rings. The van der Waals surface area contributed by atoms with Gasteiger partial charge in [-0.25, -0.2) is 4.79 Å². The van der Waals surface area contributed by atoms with Crippen LogP contribution in [0.25, 0.3) is 0 Å². The molecule has 0 saturated heterocycles. The average Bonchev–Trinajstić information content (AvgIpc) is 3.21. The smallest absolute Gasteiger partial charge is 0.338 e. The molecule has 0 fully saturated rings. The van der Waals surface area contributed by atoms with E-state index in [1.807, 2.05) is 6.92 Å². The van der Waals surface area contributed by atoms with Crippen LogP contribution in [0.5, 0.6) is 5.75 Å². The van der Waals surface area contributed by atoms with E-state index in [2.05, 4.69) is 15.5 Å². The van der Waals surface area contributed by atoms with Crippen LogP contribution in [0.4, 0.5) is 11.4 Å². The van der Waals surface area contributed by atoms with Crippen LogP contribution in [-0.4, -0.2) is 44.8 Å². The minimum Gasteiger partial charge on any atom is -0.491 e. The molecule has 0 spiro atoms. The number of para-hydroxylation sites is 2. The molecule has 1 aromatic heterocycles. The van der Waals surface area contributed by atoms with Gasteiger partial charge in [-0.2, -0.15) is 0 Å². The van der Waals surface area contributed by atoms with Crippen molar-refractivity contribution in [3.05, 3.63) is 64.5 Å². The number of nitro groups is 1. The second-order valence-corrected chi connectivity index (χ2v) is 7.74. The first-order chi connectivity index (χ1) is 15.9. The number of esters is 1. The van der Waals surface area contributed by atoms with E-state index in [9.17, 15) is 19.7 Å². The third kappa shape index (κ3) is 6.29. The summed E-state index contributed by atoms with van der Waals surface area (Å²) in [6.07, 6.45) is 2.28. The number of benzene rings is 2. The van der Waals surface area contributed by atoms with Crippen molar-refractivity contribution in [2.45, 2.75) is 23.4 Å². The molecule has 2 aromatic carbocycles. The standard InChI is InChI=1S/C21H21N5O6S/c1-3-10-31-17-7-5-4-6-15(17)23-19(27)12-32-20(28)14-8-9-18(16(11-14)26(29)30)33-21-24-22-13-25(21)2/h4-9,11,13H,3,10,12H2,1-2H3,(H,23,27). The number of amides is 1. The lowest BCUT2D eigenvalue weighted by Crippen LogP contribution is -2.21. The summed E-state index contributed by atoms with van der Waals surface area (Å²) >= 11 is 1.04. The number of carbonyl (C=O) groups excluding carboxylic acids is 2. The van der Waals surface area contributed by atoms with Gasteiger partial charge in [0.05, 0.1) is 27.7 Å². The fourth-order valence-corrected chi connectivity index (χ4v) is 3.50. The van der Waals surface area contributed by atoms with Gasteiger partial charge < -0.3 is 19.4 Å². The lowest BCUT2D eigenvalue weighted by atomic mass is 10.2. The zero-order chi connectivity index (χ0) is 23.8. The lowest BCUT2D eigenvalue weighted by molar-refractivity contribution is -0.387. The second-order valence-electron chi connectivity index (χ2n) is 6.74. The van der Waals surface area contributed by atoms with E-state index in [0.29, 0.717) is 23.2 Å². The molecule has 0 radical (unpaired) electrons. The highest BCUT2D eigenvalue weighted by Crippen LogP contribution is 2.34. The fraction of sp³-hybridized carbons (Fsp3) is 0.238. The number of aryl methyl sites for hydroxylation is 1. The van der Waals surface area contributed by atoms with Gasteiger partial charge in [0, 0.05) is 13.1 Å². The minimum absolute atomic E-state index is 0.0523. The van der Waals surface area contributed by atoms with E-state index in [1.54, 1.807) is 35.9 Å². The molecule has 1 heterocycles. The Balaban J connectivity index is 1.64. The number of ether oxygens (including phenoxy) is 2. The first kappa shape index (κ1) is 23.7. The molecule has 0 atom stereocenters. The molecule has 12 heteroatoms. The number of hydrogen-bond donors (Lipinski definition) is 1. The van der Waals surface area contributed by atoms with Gasteiger partial charge in [0.25, 0.3) is 11.6 Å². The molecule has 11 nitrogen and oxygen atoms in total. The number of aromatic nitrogens is 3. The number of hydrogen-bond acceptors (Lipinski definition) is 9. The van der Waals surface area contributed by atoms with Crippen molar-refractivity contribution in [3.8, 4) is 5.75 Å². The van der Waals surface area contributed by atoms with Crippen LogP contribution in [0.15, 0.2) is 58.8 Å². The number of anilines is 1. The van der Waals surface area contributed by atoms with Crippen molar-refractivity contribution in [1.82, 2.24) is 14.8 Å². The molecule has 0 bridgehead atoms. The number of nitrogens with one attached hydrogen (secondary N) is 1. The summed E-state index contributed by atoms with van der Waals surface area (Å²) in [7, 11) is 1.71. The average molecular weight is 471 g/mol. The summed E-state index contributed by atoms with van der Waals surface area (Å²) in [5.74, 6) is -0.926. The molecule has 0 aliphatic carbocycles. The summed E-state index contributed by atoms with van der Waals surface area (Å²) in [5, 5.41) is 22.2. The molecule has 1 N–H and O–H groups in total. The molecule has 0 aliphatic heterocycles. The van der Waals surface area contributed by atoms with Crippen molar-refractivity contribution in [3.63, 3.8) is 0 Å². The van der Waals surface area contributed by atoms with E-state index < -0.39 is 23.4 Å². The molecule has 0 aliphatic rings. The molecule has 33 heavy (non-hydrogen) atoms. The Morgan fingerprint density at radius 1 is 1.24 bits per heavy atom. The highest BCUT2D eigenvalue weighted by molar-refractivity contribution is 7.99. The third-order valence-electron chi connectivity index (χ3n) is 4.22. The molecular weight excluding hydrogens is 450 g/mol. The van der Waals surface area contributed by atoms with E-state index in [-0.39, 0.29) is 16.1 Å². The lowest BCUT2D eigenvalue weighted by Gasteiger charge is -2.12. The fourth-order valence-electron chi connectivity index (χ4n) is 2.65. The molecule has 3 rings (SSSR count). The Labute approximate surface area is 193 Å². The van der Waals surface area contributed by atoms with Gasteiger partial charge in [0.15, 0.2) is 11.8 Å². The number of nitrogens with zero attached hydrogens (tertiary/aromatic N) is 4. The molecular formula is C21H21N5O6S. The maximum atomic E-state index is 12.4. The summed E-state index contributed by atoms with van der Waals surface area (Å²) in [6, 6.07) is 10.8. The zero-order valence-corrected chi connectivity index (χ0v) is 18.7. The van der Waals surface area contributed by atoms with Crippen LogP contribution in [0.2, 0.25) is 0 Å². The van der Waals surface area contributed by atoms with Crippen LogP contribution in [0.3, 0.4) is 0 Å². The summed E-state index contributed by atoms with van der Waals surface area (Å²) in [5.41, 5.74) is 0.111. The van der Waals surface area contributed by atoms with Crippen LogP contribution in [-0.2, 0) is 16.6 Å². The van der Waals surface area contributed by atoms with Crippen LogP contribution in [0.1, 0.15) is 23.7 Å². The van der Waals surface area contributed by atoms with E-state index in [0.717, 1.165) is 24.2 Å². The third-order valence-corrected chi connectivity index (χ3v) is 5.34. The molecule has 172 valence electrons. The van der Waals surface area contributed by atoms with Crippen molar-refractivity contribution >= 4 is 35.0 Å². The van der Waals surface area contributed by atoms with Gasteiger partial charge >= 0.3 is 5.97 Å². The van der Waals surface area contributed by atoms with Gasteiger partial charge in [0.1, 0.15) is 12.1 Å². The Kier molecular flexibility index (Phi) is 7.97. The highest BCUT2D eigenvalue weighted by atomic mass is 32.2. The van der Waals surface area contributed by atoms with E-state index in [4.69, 9.17) is 9.47 Å². The van der Waals surface area contributed by atoms with Crippen LogP contribution < -0.4 is 10.1 Å². The summed E-state index contributed by atoms with van der Waals surface area (Å²) in [4.78, 5) is 35.8. The number of rotatable bonds is 10. The van der Waals surface area contributed by atoms with E-state index in [1.165, 1.54) is 18.5 Å². The summed E-state index contributed by atoms with van der Waals surface area (Å²) in [6.45, 7) is 1.89. The van der Waals surface area contributed by atoms with Gasteiger partial charge in [0.2, 0.25) is 0 Å². The minimum atomic E-state index is -0.862. The predicted molar refractivity (Wildman–Crippen MR) is 119 cm³/mol. The quantitative estimate of drug-likeness (QED) is 0.267. The normalized spacial score (nSPS) is 10.5. The van der Waals surface area contributed by atoms with Gasteiger partial charge in [-0.05, 0) is 42.4 Å². The van der Waals surface area contributed by atoms with Gasteiger partial charge in [-0.15, -0.1) is 10.2 Å². The Morgan fingerprint density at radius 3 is 2.73 bits per heavy atom. The Hall–Kier alpha value is -3.93. The topological polar surface area (TPSA) is 138 Å². The zero-order valence-electron chi connectivity index (χ0n) is 17.9. The van der Waals surface area contributed by atoms with E-state index >= 15 is 0 Å². The SMILES string of the molecule is CCCOc1ccccc1NC(=O)COC(=O)c1ccc(Sc2nncn2C)c([N+](=O)[O-])c1. The maximum Gasteiger partial charge on any atom is 0.338 e. The van der Waals surface area contributed by atoms with Gasteiger partial charge in [-0.3, -0.25) is 14.9 Å². The number of carbonyl (C=O) groups is 2. The Bertz CT molecular complexity index is 1170. The van der Waals surface area contributed by atoms with Crippen LogP contribution >= 0.6 is 11.8 Å². The van der Waals surface area contributed by atoms with Crippen LogP contribution in [0, 0.1) is 10.1 Å². The second kappa shape index (κ2) is 11.1. The first-order valence-electron chi connectivity index (χ1n) is 9.88. The van der Waals surface area contributed by atoms with Crippen molar-refractivity contribution < 1.29 is 24.0 Å². The molecule has 0 saturated carbocycles. The summed E-state index contributed by atoms with van der Waals surface area (Å²) < 4.78 is 12.2. The molecule has 0 unspecified atom stereocenters. The maximum absolute atomic E-state index is 12.4. The Morgan fingerprint density at radius 2 is 2.03 bits per heavy atom. The van der Waals surface area contributed by atoms with Crippen molar-refractivity contribution in [2.24, 2.45) is 7.05 Å².